The first-order valence-electron chi connectivity index (χ1n) is 4.37. The highest BCUT2D eigenvalue weighted by Gasteiger charge is 2.28. The maximum absolute atomic E-state index is 11.9. The molecule has 10 heteroatoms. The Morgan fingerprint density at radius 3 is 2.72 bits per heavy atom. The second-order valence-electron chi connectivity index (χ2n) is 2.92. The molecular formula is C8H7F3N4O3. The second kappa shape index (κ2) is 5.29. The molecule has 0 spiro atoms. The number of amidine groups is 1. The largest absolute Gasteiger partial charge is 0.468 e. The number of nitrogens with zero attached hydrogens (tertiary/aromatic N) is 3. The normalized spacial score (nSPS) is 12.3. The maximum atomic E-state index is 11.9. The van der Waals surface area contributed by atoms with Crippen LogP contribution < -0.4 is 10.5 Å². The van der Waals surface area contributed by atoms with Crippen molar-refractivity contribution in [2.24, 2.45) is 10.7 Å². The monoisotopic (exact) mass is 264 g/mol. The van der Waals surface area contributed by atoms with Crippen LogP contribution in [0.5, 0.6) is 5.88 Å². The zero-order chi connectivity index (χ0) is 13.8. The Hall–Kier alpha value is -2.39. The average Bonchev–Trinajstić information content (AvgIpc) is 2.25. The van der Waals surface area contributed by atoms with Crippen molar-refractivity contribution >= 4 is 11.9 Å². The number of amides is 1. The van der Waals surface area contributed by atoms with Crippen LogP contribution in [0.1, 0.15) is 5.69 Å². The Balaban J connectivity index is 2.83. The van der Waals surface area contributed by atoms with E-state index >= 15 is 0 Å². The minimum Gasteiger partial charge on any atom is -0.468 e. The first kappa shape index (κ1) is 13.7. The number of hydrogen-bond acceptors (Lipinski definition) is 4. The highest BCUT2D eigenvalue weighted by molar-refractivity contribution is 6.01. The van der Waals surface area contributed by atoms with E-state index in [2.05, 4.69) is 19.7 Å². The Morgan fingerprint density at radius 1 is 1.50 bits per heavy atom. The van der Waals surface area contributed by atoms with Gasteiger partial charge in [0.15, 0.2) is 12.4 Å². The third-order valence-corrected chi connectivity index (χ3v) is 1.50. The fourth-order valence-corrected chi connectivity index (χ4v) is 0.875. The van der Waals surface area contributed by atoms with Crippen LogP contribution >= 0.6 is 0 Å². The van der Waals surface area contributed by atoms with E-state index in [0.717, 1.165) is 12.4 Å². The summed E-state index contributed by atoms with van der Waals surface area (Å²) in [4.78, 5) is 20.1. The molecule has 0 aromatic carbocycles. The standard InChI is InChI=1S/C8H7F3N4O3/c9-8(10,11)2-18-5-1-4(13-3-14-5)6(12)15-7(16)17/h1,3H,2H2,(H2,12,15)(H,16,17). The number of halogens is 3. The van der Waals surface area contributed by atoms with Gasteiger partial charge in [-0.25, -0.2) is 14.8 Å². The van der Waals surface area contributed by atoms with E-state index in [1.165, 1.54) is 0 Å². The number of rotatable bonds is 3. The maximum Gasteiger partial charge on any atom is 0.433 e. The van der Waals surface area contributed by atoms with Crippen molar-refractivity contribution in [2.45, 2.75) is 6.18 Å². The van der Waals surface area contributed by atoms with Gasteiger partial charge in [-0.2, -0.15) is 18.2 Å². The van der Waals surface area contributed by atoms with Crippen molar-refractivity contribution in [1.82, 2.24) is 9.97 Å². The van der Waals surface area contributed by atoms with Crippen LogP contribution in [0.3, 0.4) is 0 Å². The predicted octanol–water partition coefficient (Wildman–Crippen LogP) is 0.801. The van der Waals surface area contributed by atoms with Crippen molar-refractivity contribution in [3.8, 4) is 5.88 Å². The molecule has 0 aliphatic rings. The molecule has 98 valence electrons. The Bertz CT molecular complexity index is 475. The van der Waals surface area contributed by atoms with Crippen molar-refractivity contribution in [1.29, 1.82) is 0 Å². The zero-order valence-electron chi connectivity index (χ0n) is 8.68. The zero-order valence-corrected chi connectivity index (χ0v) is 8.68. The lowest BCUT2D eigenvalue weighted by Crippen LogP contribution is -2.21. The smallest absolute Gasteiger partial charge is 0.433 e. The van der Waals surface area contributed by atoms with Crippen LogP contribution in [0.25, 0.3) is 0 Å². The lowest BCUT2D eigenvalue weighted by molar-refractivity contribution is -0.154. The third kappa shape index (κ3) is 4.63. The van der Waals surface area contributed by atoms with Gasteiger partial charge >= 0.3 is 12.3 Å². The van der Waals surface area contributed by atoms with Crippen LogP contribution in [0.4, 0.5) is 18.0 Å². The van der Waals surface area contributed by atoms with Gasteiger partial charge in [0.25, 0.3) is 0 Å². The Labute approximate surface area is 98.1 Å². The van der Waals surface area contributed by atoms with Gasteiger partial charge in [0.2, 0.25) is 5.88 Å². The lowest BCUT2D eigenvalue weighted by Gasteiger charge is -2.08. The first-order chi connectivity index (χ1) is 8.28. The Kier molecular flexibility index (Phi) is 4.02. The van der Waals surface area contributed by atoms with Gasteiger partial charge < -0.3 is 15.6 Å². The molecule has 1 aromatic rings. The van der Waals surface area contributed by atoms with E-state index in [1.54, 1.807) is 0 Å². The Morgan fingerprint density at radius 2 is 2.17 bits per heavy atom. The van der Waals surface area contributed by atoms with Gasteiger partial charge in [-0.3, -0.25) is 0 Å². The summed E-state index contributed by atoms with van der Waals surface area (Å²) in [6.07, 6.45) is -5.18. The molecule has 0 atom stereocenters. The van der Waals surface area contributed by atoms with Crippen LogP contribution in [0, 0.1) is 0 Å². The minimum absolute atomic E-state index is 0.149. The van der Waals surface area contributed by atoms with Gasteiger partial charge in [0, 0.05) is 6.07 Å². The summed E-state index contributed by atoms with van der Waals surface area (Å²) in [5.74, 6) is -0.859. The number of carboxylic acid groups (broad SMARTS) is 1. The van der Waals surface area contributed by atoms with Crippen molar-refractivity contribution in [3.05, 3.63) is 18.1 Å². The molecule has 0 aliphatic carbocycles. The second-order valence-corrected chi connectivity index (χ2v) is 2.92. The molecule has 1 aromatic heterocycles. The summed E-state index contributed by atoms with van der Waals surface area (Å²) >= 11 is 0. The minimum atomic E-state index is -4.51. The molecule has 0 saturated carbocycles. The van der Waals surface area contributed by atoms with Crippen molar-refractivity contribution in [3.63, 3.8) is 0 Å². The van der Waals surface area contributed by atoms with E-state index < -0.39 is 24.7 Å². The van der Waals surface area contributed by atoms with Crippen LogP contribution in [0.15, 0.2) is 17.4 Å². The molecule has 0 bridgehead atoms. The van der Waals surface area contributed by atoms with Gasteiger partial charge in [0.1, 0.15) is 12.0 Å². The summed E-state index contributed by atoms with van der Waals surface area (Å²) in [6, 6.07) is 0.952. The van der Waals surface area contributed by atoms with E-state index in [-0.39, 0.29) is 11.6 Å². The number of nitrogens with two attached hydrogens (primary N) is 1. The number of aliphatic imine (C=N–C) groups is 1. The summed E-state index contributed by atoms with van der Waals surface area (Å²) in [6.45, 7) is -1.53. The predicted molar refractivity (Wildman–Crippen MR) is 52.3 cm³/mol. The van der Waals surface area contributed by atoms with Crippen LogP contribution in [-0.4, -0.2) is 39.8 Å². The fraction of sp³-hybridized carbons (Fsp3) is 0.250. The van der Waals surface area contributed by atoms with Crippen LogP contribution in [-0.2, 0) is 0 Å². The summed E-state index contributed by atoms with van der Waals surface area (Å²) < 4.78 is 40.0. The SMILES string of the molecule is NC(=NC(=O)O)c1cc(OCC(F)(F)F)ncn1. The number of carbonyl (C=O) groups is 1. The molecule has 0 aliphatic heterocycles. The topological polar surface area (TPSA) is 111 Å². The summed E-state index contributed by atoms with van der Waals surface area (Å²) in [5, 5.41) is 8.33. The molecule has 3 N–H and O–H groups in total. The molecule has 0 radical (unpaired) electrons. The van der Waals surface area contributed by atoms with Crippen LogP contribution in [0.2, 0.25) is 0 Å². The number of hydrogen-bond donors (Lipinski definition) is 2. The quantitative estimate of drug-likeness (QED) is 0.617. The van der Waals surface area contributed by atoms with E-state index in [0.29, 0.717) is 0 Å². The van der Waals surface area contributed by atoms with Crippen molar-refractivity contribution < 1.29 is 27.8 Å². The summed E-state index contributed by atoms with van der Waals surface area (Å²) in [7, 11) is 0. The molecular weight excluding hydrogens is 257 g/mol. The van der Waals surface area contributed by atoms with E-state index in [4.69, 9.17) is 10.8 Å². The third-order valence-electron chi connectivity index (χ3n) is 1.50. The number of ether oxygens (including phenoxy) is 1. The molecule has 0 fully saturated rings. The van der Waals surface area contributed by atoms with Gasteiger partial charge in [-0.1, -0.05) is 0 Å². The molecule has 1 amide bonds. The number of aromatic nitrogens is 2. The molecule has 18 heavy (non-hydrogen) atoms. The molecule has 0 unspecified atom stereocenters. The first-order valence-corrected chi connectivity index (χ1v) is 4.37. The average molecular weight is 264 g/mol. The van der Waals surface area contributed by atoms with Gasteiger partial charge in [-0.15, -0.1) is 0 Å². The van der Waals surface area contributed by atoms with E-state index in [1.807, 2.05) is 0 Å². The van der Waals surface area contributed by atoms with E-state index in [9.17, 15) is 18.0 Å². The van der Waals surface area contributed by atoms with Gasteiger partial charge in [0.05, 0.1) is 0 Å². The summed E-state index contributed by atoms with van der Waals surface area (Å²) in [5.41, 5.74) is 5.10. The molecule has 0 saturated heterocycles. The molecule has 1 heterocycles. The highest BCUT2D eigenvalue weighted by Crippen LogP contribution is 2.16. The molecule has 7 nitrogen and oxygen atoms in total. The molecule has 1 rings (SSSR count). The highest BCUT2D eigenvalue weighted by atomic mass is 19.4. The van der Waals surface area contributed by atoms with Crippen molar-refractivity contribution in [2.75, 3.05) is 6.61 Å². The lowest BCUT2D eigenvalue weighted by atomic mass is 10.4. The van der Waals surface area contributed by atoms with Gasteiger partial charge in [-0.05, 0) is 0 Å². The fourth-order valence-electron chi connectivity index (χ4n) is 0.875. The number of alkyl halides is 3.